The van der Waals surface area contributed by atoms with Crippen molar-refractivity contribution in [3.8, 4) is 11.8 Å². The van der Waals surface area contributed by atoms with Gasteiger partial charge in [-0.05, 0) is 48.8 Å². The zero-order valence-electron chi connectivity index (χ0n) is 12.2. The second-order valence-electron chi connectivity index (χ2n) is 6.97. The van der Waals surface area contributed by atoms with Gasteiger partial charge in [-0.3, -0.25) is 0 Å². The van der Waals surface area contributed by atoms with Gasteiger partial charge < -0.3 is 4.74 Å². The summed E-state index contributed by atoms with van der Waals surface area (Å²) in [6.45, 7) is 7.11. The van der Waals surface area contributed by atoms with Crippen molar-refractivity contribution in [1.29, 1.82) is 5.26 Å². The van der Waals surface area contributed by atoms with Gasteiger partial charge in [0.15, 0.2) is 0 Å². The average molecular weight is 334 g/mol. The van der Waals surface area contributed by atoms with Crippen LogP contribution in [0.2, 0.25) is 0 Å². The van der Waals surface area contributed by atoms with Crippen molar-refractivity contribution in [2.24, 2.45) is 16.7 Å². The van der Waals surface area contributed by atoms with Crippen LogP contribution in [0.15, 0.2) is 22.7 Å². The number of fused-ring (bicyclic) bond motifs is 2. The highest BCUT2D eigenvalue weighted by molar-refractivity contribution is 9.10. The van der Waals surface area contributed by atoms with Gasteiger partial charge in [0.05, 0.1) is 5.56 Å². The van der Waals surface area contributed by atoms with E-state index in [1.54, 1.807) is 0 Å². The van der Waals surface area contributed by atoms with Crippen LogP contribution in [0, 0.1) is 28.1 Å². The van der Waals surface area contributed by atoms with Crippen LogP contribution < -0.4 is 4.74 Å². The molecule has 2 fully saturated rings. The molecule has 106 valence electrons. The van der Waals surface area contributed by atoms with E-state index in [0.717, 1.165) is 22.6 Å². The molecule has 1 aromatic rings. The Hall–Kier alpha value is -1.01. The zero-order valence-corrected chi connectivity index (χ0v) is 13.8. The Bertz CT molecular complexity index is 589. The van der Waals surface area contributed by atoms with Gasteiger partial charge in [0.2, 0.25) is 0 Å². The second-order valence-corrected chi connectivity index (χ2v) is 7.88. The third-order valence-electron chi connectivity index (χ3n) is 6.05. The predicted molar refractivity (Wildman–Crippen MR) is 82.5 cm³/mol. The molecule has 0 aromatic heterocycles. The molecule has 3 heteroatoms. The SMILES string of the molecule is CC1(C)C2CCC1(C)C(Oc1cc(Br)ccc1C#N)C2. The van der Waals surface area contributed by atoms with Gasteiger partial charge in [0.1, 0.15) is 17.9 Å². The van der Waals surface area contributed by atoms with E-state index in [2.05, 4.69) is 42.8 Å². The third-order valence-corrected chi connectivity index (χ3v) is 6.54. The Morgan fingerprint density at radius 1 is 1.35 bits per heavy atom. The lowest BCUT2D eigenvalue weighted by molar-refractivity contribution is 0.0299. The Balaban J connectivity index is 1.91. The van der Waals surface area contributed by atoms with Crippen LogP contribution in [0.1, 0.15) is 45.6 Å². The second kappa shape index (κ2) is 4.49. The van der Waals surface area contributed by atoms with E-state index in [1.807, 2.05) is 18.2 Å². The number of hydrogen-bond donors (Lipinski definition) is 0. The summed E-state index contributed by atoms with van der Waals surface area (Å²) in [5.41, 5.74) is 1.17. The highest BCUT2D eigenvalue weighted by Crippen LogP contribution is 2.66. The van der Waals surface area contributed by atoms with Crippen molar-refractivity contribution >= 4 is 15.9 Å². The van der Waals surface area contributed by atoms with Gasteiger partial charge in [0.25, 0.3) is 0 Å². The normalized spacial score (nSPS) is 34.0. The quantitative estimate of drug-likeness (QED) is 0.769. The topological polar surface area (TPSA) is 33.0 Å². The number of ether oxygens (including phenoxy) is 1. The minimum atomic E-state index is 0.215. The Morgan fingerprint density at radius 3 is 2.65 bits per heavy atom. The highest BCUT2D eigenvalue weighted by Gasteiger charge is 2.62. The van der Waals surface area contributed by atoms with E-state index in [1.165, 1.54) is 12.8 Å². The van der Waals surface area contributed by atoms with E-state index in [9.17, 15) is 5.26 Å². The summed E-state index contributed by atoms with van der Waals surface area (Å²) in [5.74, 6) is 1.46. The third kappa shape index (κ3) is 1.81. The van der Waals surface area contributed by atoms with Crippen LogP contribution in [0.3, 0.4) is 0 Å². The molecule has 2 aliphatic carbocycles. The molecule has 0 heterocycles. The molecule has 3 atom stereocenters. The Kier molecular flexibility index (Phi) is 3.14. The maximum Gasteiger partial charge on any atom is 0.138 e. The van der Waals surface area contributed by atoms with E-state index in [4.69, 9.17) is 4.74 Å². The number of nitrogens with zero attached hydrogens (tertiary/aromatic N) is 1. The fourth-order valence-electron chi connectivity index (χ4n) is 4.15. The maximum absolute atomic E-state index is 9.24. The fraction of sp³-hybridized carbons (Fsp3) is 0.588. The molecule has 2 nitrogen and oxygen atoms in total. The van der Waals surface area contributed by atoms with Crippen LogP contribution >= 0.6 is 15.9 Å². The first-order valence-electron chi connectivity index (χ1n) is 7.25. The lowest BCUT2D eigenvalue weighted by Gasteiger charge is -2.39. The largest absolute Gasteiger partial charge is 0.488 e. The molecule has 2 saturated carbocycles. The van der Waals surface area contributed by atoms with Crippen LogP contribution in [0.5, 0.6) is 5.75 Å². The van der Waals surface area contributed by atoms with Crippen molar-refractivity contribution in [3.05, 3.63) is 28.2 Å². The molecular formula is C17H20BrNO. The van der Waals surface area contributed by atoms with Gasteiger partial charge >= 0.3 is 0 Å². The molecule has 3 rings (SSSR count). The first-order chi connectivity index (χ1) is 9.38. The standard InChI is InChI=1S/C17H20BrNO/c1-16(2)12-6-7-17(16,3)15(8-12)20-14-9-13(18)5-4-11(14)10-19/h4-5,9,12,15H,6-8H2,1-3H3. The van der Waals surface area contributed by atoms with E-state index < -0.39 is 0 Å². The van der Waals surface area contributed by atoms with Crippen LogP contribution in [-0.2, 0) is 0 Å². The maximum atomic E-state index is 9.24. The number of rotatable bonds is 2. The van der Waals surface area contributed by atoms with Crippen molar-refractivity contribution in [2.45, 2.75) is 46.1 Å². The summed E-state index contributed by atoms with van der Waals surface area (Å²) in [6.07, 6.45) is 3.87. The molecule has 1 aromatic carbocycles. The molecule has 0 amide bonds. The van der Waals surface area contributed by atoms with Gasteiger partial charge in [-0.25, -0.2) is 0 Å². The number of nitriles is 1. The van der Waals surface area contributed by atoms with E-state index in [-0.39, 0.29) is 11.5 Å². The predicted octanol–water partition coefficient (Wildman–Crippen LogP) is 4.91. The zero-order chi connectivity index (χ0) is 14.5. The number of benzene rings is 1. The van der Waals surface area contributed by atoms with E-state index in [0.29, 0.717) is 11.0 Å². The monoisotopic (exact) mass is 333 g/mol. The highest BCUT2D eigenvalue weighted by atomic mass is 79.9. The lowest BCUT2D eigenvalue weighted by atomic mass is 9.70. The summed E-state index contributed by atoms with van der Waals surface area (Å²) in [5, 5.41) is 9.24. The van der Waals surface area contributed by atoms with Gasteiger partial charge in [-0.15, -0.1) is 0 Å². The Morgan fingerprint density at radius 2 is 2.10 bits per heavy atom. The fourth-order valence-corrected chi connectivity index (χ4v) is 4.49. The molecule has 0 radical (unpaired) electrons. The minimum absolute atomic E-state index is 0.215. The van der Waals surface area contributed by atoms with Crippen LogP contribution in [0.4, 0.5) is 0 Å². The summed E-state index contributed by atoms with van der Waals surface area (Å²) < 4.78 is 7.26. The molecule has 0 saturated heterocycles. The Labute approximate surface area is 129 Å². The van der Waals surface area contributed by atoms with Crippen LogP contribution in [0.25, 0.3) is 0 Å². The average Bonchev–Trinajstić information content (AvgIpc) is 2.72. The molecule has 0 N–H and O–H groups in total. The molecule has 0 aliphatic heterocycles. The summed E-state index contributed by atoms with van der Waals surface area (Å²) in [6, 6.07) is 7.85. The lowest BCUT2D eigenvalue weighted by Crippen LogP contribution is -2.39. The summed E-state index contributed by atoms with van der Waals surface area (Å²) in [4.78, 5) is 0. The molecule has 2 bridgehead atoms. The molecule has 20 heavy (non-hydrogen) atoms. The molecular weight excluding hydrogens is 314 g/mol. The van der Waals surface area contributed by atoms with Crippen LogP contribution in [-0.4, -0.2) is 6.10 Å². The van der Waals surface area contributed by atoms with Gasteiger partial charge in [-0.2, -0.15) is 5.26 Å². The van der Waals surface area contributed by atoms with Crippen molar-refractivity contribution in [2.75, 3.05) is 0 Å². The molecule has 2 aliphatic rings. The molecule has 0 spiro atoms. The number of halogens is 1. The molecule has 3 unspecified atom stereocenters. The van der Waals surface area contributed by atoms with Gasteiger partial charge in [0, 0.05) is 9.89 Å². The first kappa shape index (κ1) is 13.9. The minimum Gasteiger partial charge on any atom is -0.488 e. The van der Waals surface area contributed by atoms with Crippen molar-refractivity contribution < 1.29 is 4.74 Å². The van der Waals surface area contributed by atoms with Gasteiger partial charge in [-0.1, -0.05) is 36.7 Å². The van der Waals surface area contributed by atoms with Crippen molar-refractivity contribution in [1.82, 2.24) is 0 Å². The smallest absolute Gasteiger partial charge is 0.138 e. The first-order valence-corrected chi connectivity index (χ1v) is 8.04. The summed E-state index contributed by atoms with van der Waals surface area (Å²) >= 11 is 3.46. The number of hydrogen-bond acceptors (Lipinski definition) is 2. The van der Waals surface area contributed by atoms with E-state index >= 15 is 0 Å². The van der Waals surface area contributed by atoms with Crippen molar-refractivity contribution in [3.63, 3.8) is 0 Å². The summed E-state index contributed by atoms with van der Waals surface area (Å²) in [7, 11) is 0.